The number of nitrogens with zero attached hydrogens (tertiary/aromatic N) is 1. The van der Waals surface area contributed by atoms with Gasteiger partial charge in [-0.1, -0.05) is 30.3 Å². The number of carbonyl (C=O) groups is 1. The van der Waals surface area contributed by atoms with Crippen molar-refractivity contribution >= 4 is 29.2 Å². The number of nitrogens with one attached hydrogen (secondary N) is 1. The first-order chi connectivity index (χ1) is 13.0. The molecule has 0 spiro atoms. The van der Waals surface area contributed by atoms with Crippen molar-refractivity contribution in [2.45, 2.75) is 31.9 Å². The van der Waals surface area contributed by atoms with Crippen LogP contribution in [0.15, 0.2) is 54.7 Å². The van der Waals surface area contributed by atoms with E-state index in [9.17, 15) is 9.90 Å². The summed E-state index contributed by atoms with van der Waals surface area (Å²) in [6.45, 7) is 2.54. The summed E-state index contributed by atoms with van der Waals surface area (Å²) in [5.41, 5.74) is 8.79. The first-order valence-electron chi connectivity index (χ1n) is 9.30. The highest BCUT2D eigenvalue weighted by Crippen LogP contribution is 2.25. The SMILES string of the molecule is CC(CCc1ccccc1)NCC(O)c1cc(C(N)=O)c2c(ccn2C)c1.Cl. The standard InChI is InChI=1S/C22H27N3O2.ClH/c1-15(8-9-16-6-4-3-5-7-16)24-14-20(26)18-12-17-10-11-25(2)21(17)19(13-18)22(23)27;/h3-7,10-13,15,20,24,26H,8-9,14H2,1-2H3,(H2,23,27);1H. The molecule has 0 saturated heterocycles. The molecule has 0 aliphatic carbocycles. The molecular weight excluding hydrogens is 374 g/mol. The Hall–Kier alpha value is -2.34. The first kappa shape index (κ1) is 22.0. The Morgan fingerprint density at radius 1 is 1.21 bits per heavy atom. The van der Waals surface area contributed by atoms with Crippen LogP contribution in [0, 0.1) is 0 Å². The van der Waals surface area contributed by atoms with Crippen LogP contribution in [0.2, 0.25) is 0 Å². The van der Waals surface area contributed by atoms with Crippen molar-refractivity contribution in [1.29, 1.82) is 0 Å². The smallest absolute Gasteiger partial charge is 0.250 e. The van der Waals surface area contributed by atoms with Crippen molar-refractivity contribution in [3.63, 3.8) is 0 Å². The second-order valence-electron chi connectivity index (χ2n) is 7.15. The van der Waals surface area contributed by atoms with E-state index in [1.165, 1.54) is 5.56 Å². The number of aliphatic hydroxyl groups is 1. The van der Waals surface area contributed by atoms with E-state index in [2.05, 4.69) is 24.4 Å². The number of carbonyl (C=O) groups excluding carboxylic acids is 1. The van der Waals surface area contributed by atoms with E-state index < -0.39 is 12.0 Å². The number of hydrogen-bond donors (Lipinski definition) is 3. The van der Waals surface area contributed by atoms with Crippen LogP contribution < -0.4 is 11.1 Å². The average molecular weight is 402 g/mol. The highest BCUT2D eigenvalue weighted by Gasteiger charge is 2.16. The fourth-order valence-corrected chi connectivity index (χ4v) is 3.41. The molecule has 150 valence electrons. The van der Waals surface area contributed by atoms with Gasteiger partial charge in [0.2, 0.25) is 0 Å². The lowest BCUT2D eigenvalue weighted by Gasteiger charge is -2.18. The van der Waals surface area contributed by atoms with Crippen molar-refractivity contribution in [1.82, 2.24) is 9.88 Å². The zero-order valence-electron chi connectivity index (χ0n) is 16.3. The summed E-state index contributed by atoms with van der Waals surface area (Å²) in [5.74, 6) is -0.486. The lowest BCUT2D eigenvalue weighted by molar-refractivity contribution is 0.100. The van der Waals surface area contributed by atoms with E-state index in [0.29, 0.717) is 17.7 Å². The predicted molar refractivity (Wildman–Crippen MR) is 116 cm³/mol. The quantitative estimate of drug-likeness (QED) is 0.541. The number of aryl methyl sites for hydroxylation is 2. The Balaban J connectivity index is 0.00000280. The Kier molecular flexibility index (Phi) is 7.63. The van der Waals surface area contributed by atoms with Crippen molar-refractivity contribution in [3.8, 4) is 0 Å². The topological polar surface area (TPSA) is 80.3 Å². The summed E-state index contributed by atoms with van der Waals surface area (Å²) >= 11 is 0. The van der Waals surface area contributed by atoms with E-state index >= 15 is 0 Å². The van der Waals surface area contributed by atoms with Gasteiger partial charge in [-0.05, 0) is 49.1 Å². The lowest BCUT2D eigenvalue weighted by Crippen LogP contribution is -2.31. The first-order valence-corrected chi connectivity index (χ1v) is 9.30. The van der Waals surface area contributed by atoms with Gasteiger partial charge in [0.15, 0.2) is 0 Å². The van der Waals surface area contributed by atoms with Crippen molar-refractivity contribution in [2.24, 2.45) is 12.8 Å². The lowest BCUT2D eigenvalue weighted by atomic mass is 10.0. The monoisotopic (exact) mass is 401 g/mol. The molecule has 3 rings (SSSR count). The van der Waals surface area contributed by atoms with Crippen LogP contribution in [0.5, 0.6) is 0 Å². The maximum atomic E-state index is 11.8. The molecule has 2 aromatic carbocycles. The minimum Gasteiger partial charge on any atom is -0.387 e. The number of amides is 1. The van der Waals surface area contributed by atoms with E-state index in [-0.39, 0.29) is 18.4 Å². The fourth-order valence-electron chi connectivity index (χ4n) is 3.41. The number of halogens is 1. The number of aliphatic hydroxyl groups excluding tert-OH is 1. The van der Waals surface area contributed by atoms with Crippen molar-refractivity contribution in [2.75, 3.05) is 6.54 Å². The highest BCUT2D eigenvalue weighted by molar-refractivity contribution is 6.05. The molecule has 0 aliphatic rings. The van der Waals surface area contributed by atoms with Crippen LogP contribution in [0.4, 0.5) is 0 Å². The van der Waals surface area contributed by atoms with Gasteiger partial charge in [-0.3, -0.25) is 4.79 Å². The molecule has 1 aromatic heterocycles. The number of fused-ring (bicyclic) bond motifs is 1. The maximum absolute atomic E-state index is 11.8. The zero-order chi connectivity index (χ0) is 19.4. The second kappa shape index (κ2) is 9.73. The molecule has 1 heterocycles. The molecule has 0 aliphatic heterocycles. The van der Waals surface area contributed by atoms with Gasteiger partial charge in [0.25, 0.3) is 5.91 Å². The van der Waals surface area contributed by atoms with E-state index in [4.69, 9.17) is 5.73 Å². The Labute approximate surface area is 172 Å². The van der Waals surface area contributed by atoms with E-state index in [0.717, 1.165) is 23.7 Å². The van der Waals surface area contributed by atoms with Gasteiger partial charge in [0.05, 0.1) is 17.2 Å². The summed E-state index contributed by atoms with van der Waals surface area (Å²) < 4.78 is 1.87. The Morgan fingerprint density at radius 2 is 1.93 bits per heavy atom. The van der Waals surface area contributed by atoms with E-state index in [1.54, 1.807) is 6.07 Å². The Morgan fingerprint density at radius 3 is 2.61 bits per heavy atom. The molecule has 6 heteroatoms. The summed E-state index contributed by atoms with van der Waals surface area (Å²) in [6.07, 6.45) is 3.16. The van der Waals surface area contributed by atoms with Crippen LogP contribution in [0.1, 0.15) is 40.9 Å². The van der Waals surface area contributed by atoms with Gasteiger partial charge < -0.3 is 20.7 Å². The molecule has 0 radical (unpaired) electrons. The van der Waals surface area contributed by atoms with Crippen LogP contribution in [-0.4, -0.2) is 28.2 Å². The van der Waals surface area contributed by atoms with Gasteiger partial charge in [-0.15, -0.1) is 12.4 Å². The summed E-state index contributed by atoms with van der Waals surface area (Å²) in [4.78, 5) is 11.8. The van der Waals surface area contributed by atoms with Crippen LogP contribution in [0.25, 0.3) is 10.9 Å². The average Bonchev–Trinajstić information content (AvgIpc) is 3.05. The van der Waals surface area contributed by atoms with Crippen molar-refractivity contribution in [3.05, 3.63) is 71.4 Å². The molecule has 2 unspecified atom stereocenters. The number of primary amides is 1. The third kappa shape index (κ3) is 5.13. The molecule has 3 aromatic rings. The highest BCUT2D eigenvalue weighted by atomic mass is 35.5. The molecule has 0 saturated carbocycles. The second-order valence-corrected chi connectivity index (χ2v) is 7.15. The number of rotatable bonds is 8. The number of aromatic nitrogens is 1. The largest absolute Gasteiger partial charge is 0.387 e. The molecule has 0 bridgehead atoms. The Bertz CT molecular complexity index is 924. The fraction of sp³-hybridized carbons (Fsp3) is 0.318. The molecule has 5 nitrogen and oxygen atoms in total. The molecule has 28 heavy (non-hydrogen) atoms. The van der Waals surface area contributed by atoms with Crippen molar-refractivity contribution < 1.29 is 9.90 Å². The normalized spacial score (nSPS) is 13.1. The molecule has 1 amide bonds. The minimum absolute atomic E-state index is 0. The summed E-state index contributed by atoms with van der Waals surface area (Å²) in [7, 11) is 1.88. The van der Waals surface area contributed by atoms with Crippen LogP contribution >= 0.6 is 12.4 Å². The van der Waals surface area contributed by atoms with Gasteiger partial charge >= 0.3 is 0 Å². The maximum Gasteiger partial charge on any atom is 0.250 e. The van der Waals surface area contributed by atoms with Gasteiger partial charge in [0, 0.05) is 31.2 Å². The summed E-state index contributed by atoms with van der Waals surface area (Å²) in [5, 5.41) is 14.9. The number of benzene rings is 2. The van der Waals surface area contributed by atoms with Crippen LogP contribution in [0.3, 0.4) is 0 Å². The number of nitrogens with two attached hydrogens (primary N) is 1. The van der Waals surface area contributed by atoms with Gasteiger partial charge in [-0.25, -0.2) is 0 Å². The van der Waals surface area contributed by atoms with Gasteiger partial charge in [-0.2, -0.15) is 0 Å². The zero-order valence-corrected chi connectivity index (χ0v) is 17.1. The van der Waals surface area contributed by atoms with E-state index in [1.807, 2.05) is 48.1 Å². The number of hydrogen-bond acceptors (Lipinski definition) is 3. The summed E-state index contributed by atoms with van der Waals surface area (Å²) in [6, 6.07) is 16.2. The molecular formula is C22H28ClN3O2. The third-order valence-electron chi connectivity index (χ3n) is 5.01. The predicted octanol–water partition coefficient (Wildman–Crippen LogP) is 3.34. The third-order valence-corrected chi connectivity index (χ3v) is 5.01. The molecule has 4 N–H and O–H groups in total. The van der Waals surface area contributed by atoms with Crippen LogP contribution in [-0.2, 0) is 13.5 Å². The molecule has 2 atom stereocenters. The van der Waals surface area contributed by atoms with Gasteiger partial charge in [0.1, 0.15) is 0 Å². The molecule has 0 fully saturated rings. The minimum atomic E-state index is -0.702.